The molecule has 0 aromatic rings. The maximum atomic E-state index is 12.4. The Hall–Kier alpha value is -1.16. The van der Waals surface area contributed by atoms with Crippen molar-refractivity contribution in [1.29, 1.82) is 0 Å². The van der Waals surface area contributed by atoms with E-state index in [0.717, 1.165) is 6.42 Å². The number of nitrogens with two attached hydrogens (primary N) is 1. The number of carbonyl (C=O) groups is 2. The lowest BCUT2D eigenvalue weighted by Crippen LogP contribution is -2.38. The van der Waals surface area contributed by atoms with Gasteiger partial charge in [-0.15, -0.1) is 0 Å². The van der Waals surface area contributed by atoms with Gasteiger partial charge in [-0.1, -0.05) is 34.1 Å². The standard InChI is InChI=1S/C15H25NO3/c1-8(2)6-7-10-13(18)11(12(17)9(3)4)14(16)15(10,5)19/h8-10,19H,6-7,16H2,1-5H3/t10?,15-/m0/s1. The lowest BCUT2D eigenvalue weighted by atomic mass is 9.84. The van der Waals surface area contributed by atoms with Crippen LogP contribution in [0.4, 0.5) is 0 Å². The molecule has 1 unspecified atom stereocenters. The number of ketones is 2. The predicted octanol–water partition coefficient (Wildman–Crippen LogP) is 1.81. The van der Waals surface area contributed by atoms with Gasteiger partial charge >= 0.3 is 0 Å². The van der Waals surface area contributed by atoms with E-state index in [1.807, 2.05) is 0 Å². The van der Waals surface area contributed by atoms with Crippen LogP contribution in [0.1, 0.15) is 47.5 Å². The van der Waals surface area contributed by atoms with E-state index in [1.54, 1.807) is 13.8 Å². The molecular weight excluding hydrogens is 242 g/mol. The summed E-state index contributed by atoms with van der Waals surface area (Å²) in [5.41, 5.74) is 4.54. The van der Waals surface area contributed by atoms with Crippen LogP contribution in [-0.4, -0.2) is 22.3 Å². The molecule has 0 fully saturated rings. The first-order valence-corrected chi connectivity index (χ1v) is 6.91. The van der Waals surface area contributed by atoms with Crippen molar-refractivity contribution < 1.29 is 14.7 Å². The lowest BCUT2D eigenvalue weighted by molar-refractivity contribution is -0.126. The molecule has 4 nitrogen and oxygen atoms in total. The number of aliphatic hydroxyl groups is 1. The van der Waals surface area contributed by atoms with E-state index in [9.17, 15) is 14.7 Å². The first-order valence-electron chi connectivity index (χ1n) is 6.91. The van der Waals surface area contributed by atoms with Crippen molar-refractivity contribution in [3.05, 3.63) is 11.3 Å². The smallest absolute Gasteiger partial charge is 0.174 e. The summed E-state index contributed by atoms with van der Waals surface area (Å²) >= 11 is 0. The number of hydrogen-bond donors (Lipinski definition) is 2. The van der Waals surface area contributed by atoms with Gasteiger partial charge in [-0.2, -0.15) is 0 Å². The molecule has 0 radical (unpaired) electrons. The summed E-state index contributed by atoms with van der Waals surface area (Å²) in [6.45, 7) is 9.11. The predicted molar refractivity (Wildman–Crippen MR) is 74.3 cm³/mol. The van der Waals surface area contributed by atoms with Crippen LogP contribution in [0.3, 0.4) is 0 Å². The fourth-order valence-corrected chi connectivity index (χ4v) is 2.46. The van der Waals surface area contributed by atoms with E-state index in [-0.39, 0.29) is 28.8 Å². The number of rotatable bonds is 5. The summed E-state index contributed by atoms with van der Waals surface area (Å²) < 4.78 is 0. The number of carbonyl (C=O) groups excluding carboxylic acids is 2. The number of allylic oxidation sites excluding steroid dienone is 1. The van der Waals surface area contributed by atoms with Gasteiger partial charge in [0.2, 0.25) is 0 Å². The Bertz CT molecular complexity index is 419. The Labute approximate surface area is 115 Å². The van der Waals surface area contributed by atoms with Gasteiger partial charge in [0.25, 0.3) is 0 Å². The van der Waals surface area contributed by atoms with E-state index < -0.39 is 11.5 Å². The van der Waals surface area contributed by atoms with Crippen molar-refractivity contribution in [2.45, 2.75) is 53.1 Å². The summed E-state index contributed by atoms with van der Waals surface area (Å²) in [5, 5.41) is 10.5. The molecule has 1 aliphatic rings. The van der Waals surface area contributed by atoms with Gasteiger partial charge in [0, 0.05) is 5.92 Å². The van der Waals surface area contributed by atoms with E-state index in [1.165, 1.54) is 6.92 Å². The zero-order valence-corrected chi connectivity index (χ0v) is 12.5. The monoisotopic (exact) mass is 267 g/mol. The molecule has 1 aliphatic carbocycles. The Kier molecular flexibility index (Phi) is 4.56. The SMILES string of the molecule is CC(C)CCC1C(=O)C(C(=O)C(C)C)=C(N)[C@@]1(C)O. The lowest BCUT2D eigenvalue weighted by Gasteiger charge is -2.26. The zero-order chi connectivity index (χ0) is 15.0. The van der Waals surface area contributed by atoms with E-state index >= 15 is 0 Å². The van der Waals surface area contributed by atoms with E-state index in [2.05, 4.69) is 13.8 Å². The molecule has 0 heterocycles. The zero-order valence-electron chi connectivity index (χ0n) is 12.5. The maximum absolute atomic E-state index is 12.4. The highest BCUT2D eigenvalue weighted by molar-refractivity contribution is 6.24. The molecule has 0 aromatic heterocycles. The van der Waals surface area contributed by atoms with Crippen molar-refractivity contribution in [2.24, 2.45) is 23.5 Å². The molecular formula is C15H25NO3. The average molecular weight is 267 g/mol. The van der Waals surface area contributed by atoms with Crippen LogP contribution >= 0.6 is 0 Å². The van der Waals surface area contributed by atoms with Gasteiger partial charge < -0.3 is 10.8 Å². The third-order valence-corrected chi connectivity index (χ3v) is 3.86. The molecule has 0 saturated heterocycles. The average Bonchev–Trinajstić information content (AvgIpc) is 2.43. The number of Topliss-reactive ketones (excluding diaryl/α,β-unsaturated/α-hetero) is 2. The van der Waals surface area contributed by atoms with Gasteiger partial charge in [-0.25, -0.2) is 0 Å². The summed E-state index contributed by atoms with van der Waals surface area (Å²) in [6.07, 6.45) is 1.38. The molecule has 0 aliphatic heterocycles. The maximum Gasteiger partial charge on any atom is 0.174 e. The fraction of sp³-hybridized carbons (Fsp3) is 0.733. The molecule has 0 aromatic carbocycles. The van der Waals surface area contributed by atoms with Crippen LogP contribution in [0.25, 0.3) is 0 Å². The quantitative estimate of drug-likeness (QED) is 0.744. The summed E-state index contributed by atoms with van der Waals surface area (Å²) in [6, 6.07) is 0. The van der Waals surface area contributed by atoms with Crippen molar-refractivity contribution in [3.8, 4) is 0 Å². The minimum atomic E-state index is -1.40. The van der Waals surface area contributed by atoms with Gasteiger partial charge in [0.15, 0.2) is 11.6 Å². The summed E-state index contributed by atoms with van der Waals surface area (Å²) in [4.78, 5) is 24.4. The van der Waals surface area contributed by atoms with Crippen LogP contribution < -0.4 is 5.73 Å². The molecule has 0 bridgehead atoms. The topological polar surface area (TPSA) is 80.4 Å². The molecule has 0 amide bonds. The molecule has 0 saturated carbocycles. The van der Waals surface area contributed by atoms with Crippen molar-refractivity contribution in [2.75, 3.05) is 0 Å². The third-order valence-electron chi connectivity index (χ3n) is 3.86. The Morgan fingerprint density at radius 1 is 1.37 bits per heavy atom. The third kappa shape index (κ3) is 2.89. The second-order valence-electron chi connectivity index (χ2n) is 6.34. The van der Waals surface area contributed by atoms with E-state index in [4.69, 9.17) is 5.73 Å². The van der Waals surface area contributed by atoms with Crippen LogP contribution in [0.2, 0.25) is 0 Å². The molecule has 2 atom stereocenters. The molecule has 0 spiro atoms. The highest BCUT2D eigenvalue weighted by Crippen LogP contribution is 2.39. The second kappa shape index (κ2) is 5.45. The highest BCUT2D eigenvalue weighted by atomic mass is 16.3. The van der Waals surface area contributed by atoms with Crippen molar-refractivity contribution in [3.63, 3.8) is 0 Å². The van der Waals surface area contributed by atoms with E-state index in [0.29, 0.717) is 12.3 Å². The first-order chi connectivity index (χ1) is 8.60. The highest BCUT2D eigenvalue weighted by Gasteiger charge is 2.50. The first kappa shape index (κ1) is 15.9. The van der Waals surface area contributed by atoms with Crippen LogP contribution in [0, 0.1) is 17.8 Å². The number of hydrogen-bond acceptors (Lipinski definition) is 4. The van der Waals surface area contributed by atoms with Crippen LogP contribution in [0.15, 0.2) is 11.3 Å². The van der Waals surface area contributed by atoms with Gasteiger partial charge in [-0.05, 0) is 19.3 Å². The Balaban J connectivity index is 3.06. The second-order valence-corrected chi connectivity index (χ2v) is 6.34. The van der Waals surface area contributed by atoms with Crippen LogP contribution in [-0.2, 0) is 9.59 Å². The summed E-state index contributed by atoms with van der Waals surface area (Å²) in [7, 11) is 0. The minimum absolute atomic E-state index is 0.0220. The van der Waals surface area contributed by atoms with Gasteiger partial charge in [-0.3, -0.25) is 9.59 Å². The Morgan fingerprint density at radius 3 is 2.32 bits per heavy atom. The Morgan fingerprint density at radius 2 is 1.89 bits per heavy atom. The molecule has 1 rings (SSSR count). The molecule has 3 N–H and O–H groups in total. The minimum Gasteiger partial charge on any atom is -0.399 e. The summed E-state index contributed by atoms with van der Waals surface area (Å²) in [5.74, 6) is -1.00. The molecule has 19 heavy (non-hydrogen) atoms. The van der Waals surface area contributed by atoms with Gasteiger partial charge in [0.1, 0.15) is 5.60 Å². The fourth-order valence-electron chi connectivity index (χ4n) is 2.46. The molecule has 4 heteroatoms. The van der Waals surface area contributed by atoms with Crippen molar-refractivity contribution >= 4 is 11.6 Å². The largest absolute Gasteiger partial charge is 0.399 e. The van der Waals surface area contributed by atoms with Crippen molar-refractivity contribution in [1.82, 2.24) is 0 Å². The normalized spacial score (nSPS) is 27.8. The molecule has 108 valence electrons. The van der Waals surface area contributed by atoms with Gasteiger partial charge in [0.05, 0.1) is 17.2 Å². The van der Waals surface area contributed by atoms with Crippen LogP contribution in [0.5, 0.6) is 0 Å².